The average Bonchev–Trinajstić information content (AvgIpc) is 2.74. The van der Waals surface area contributed by atoms with Gasteiger partial charge in [-0.05, 0) is 57.2 Å². The maximum absolute atomic E-state index is 5.78. The average molecular weight is 224 g/mol. The molecule has 2 rings (SSSR count). The van der Waals surface area contributed by atoms with E-state index < -0.39 is 0 Å². The Bertz CT molecular complexity index is 201. The van der Waals surface area contributed by atoms with Crippen LogP contribution in [-0.4, -0.2) is 30.6 Å². The van der Waals surface area contributed by atoms with Crippen LogP contribution < -0.4 is 5.73 Å². The van der Waals surface area contributed by atoms with Crippen molar-refractivity contribution in [3.05, 3.63) is 0 Å². The molecule has 0 spiro atoms. The first-order chi connectivity index (χ1) is 7.85. The number of fused-ring (bicyclic) bond motifs is 1. The van der Waals surface area contributed by atoms with E-state index in [0.29, 0.717) is 0 Å². The SMILES string of the molecule is CCC(CN)CCN1CCC2CCCCC21. The highest BCUT2D eigenvalue weighted by Crippen LogP contribution is 2.36. The van der Waals surface area contributed by atoms with Gasteiger partial charge >= 0.3 is 0 Å². The Morgan fingerprint density at radius 2 is 2.06 bits per heavy atom. The van der Waals surface area contributed by atoms with Crippen LogP contribution in [0.2, 0.25) is 0 Å². The van der Waals surface area contributed by atoms with Gasteiger partial charge in [0.1, 0.15) is 0 Å². The number of nitrogens with two attached hydrogens (primary N) is 1. The molecule has 0 bridgehead atoms. The summed E-state index contributed by atoms with van der Waals surface area (Å²) >= 11 is 0. The highest BCUT2D eigenvalue weighted by Gasteiger charge is 2.35. The molecule has 94 valence electrons. The van der Waals surface area contributed by atoms with Crippen LogP contribution in [0, 0.1) is 11.8 Å². The van der Waals surface area contributed by atoms with Gasteiger partial charge in [0.05, 0.1) is 0 Å². The van der Waals surface area contributed by atoms with Gasteiger partial charge in [-0.25, -0.2) is 0 Å². The first-order valence-corrected chi connectivity index (χ1v) is 7.29. The minimum Gasteiger partial charge on any atom is -0.330 e. The van der Waals surface area contributed by atoms with Crippen molar-refractivity contribution >= 4 is 0 Å². The Kier molecular flexibility index (Phi) is 4.66. The molecule has 0 aromatic rings. The lowest BCUT2D eigenvalue weighted by molar-refractivity contribution is 0.172. The minimum absolute atomic E-state index is 0.752. The van der Waals surface area contributed by atoms with E-state index in [2.05, 4.69) is 11.8 Å². The third-order valence-electron chi connectivity index (χ3n) is 4.86. The summed E-state index contributed by atoms with van der Waals surface area (Å²) in [5.41, 5.74) is 5.78. The van der Waals surface area contributed by atoms with Gasteiger partial charge in [-0.3, -0.25) is 0 Å². The number of nitrogens with zero attached hydrogens (tertiary/aromatic N) is 1. The molecule has 3 atom stereocenters. The quantitative estimate of drug-likeness (QED) is 0.778. The molecule has 2 fully saturated rings. The van der Waals surface area contributed by atoms with Gasteiger partial charge in [-0.2, -0.15) is 0 Å². The molecule has 2 heteroatoms. The van der Waals surface area contributed by atoms with Crippen molar-refractivity contribution in [3.63, 3.8) is 0 Å². The normalized spacial score (nSPS) is 32.6. The number of likely N-dealkylation sites (tertiary alicyclic amines) is 1. The standard InChI is InChI=1S/C14H28N2/c1-2-12(11-15)7-9-16-10-8-13-5-3-4-6-14(13)16/h12-14H,2-11,15H2,1H3. The maximum Gasteiger partial charge on any atom is 0.0124 e. The zero-order valence-electron chi connectivity index (χ0n) is 10.8. The van der Waals surface area contributed by atoms with Crippen LogP contribution in [0.4, 0.5) is 0 Å². The largest absolute Gasteiger partial charge is 0.330 e. The van der Waals surface area contributed by atoms with E-state index in [1.165, 1.54) is 58.0 Å². The fourth-order valence-corrected chi connectivity index (χ4v) is 3.62. The second kappa shape index (κ2) is 6.02. The van der Waals surface area contributed by atoms with E-state index in [1.54, 1.807) is 0 Å². The molecule has 0 radical (unpaired) electrons. The minimum atomic E-state index is 0.752. The third kappa shape index (κ3) is 2.78. The number of hydrogen-bond acceptors (Lipinski definition) is 2. The van der Waals surface area contributed by atoms with Crippen molar-refractivity contribution in [3.8, 4) is 0 Å². The summed E-state index contributed by atoms with van der Waals surface area (Å²) in [5, 5.41) is 0. The van der Waals surface area contributed by atoms with Crippen LogP contribution in [0.3, 0.4) is 0 Å². The highest BCUT2D eigenvalue weighted by atomic mass is 15.2. The Morgan fingerprint density at radius 1 is 1.25 bits per heavy atom. The van der Waals surface area contributed by atoms with Crippen molar-refractivity contribution < 1.29 is 0 Å². The molecule has 2 aliphatic rings. The van der Waals surface area contributed by atoms with Crippen molar-refractivity contribution in [1.29, 1.82) is 0 Å². The summed E-state index contributed by atoms with van der Waals surface area (Å²) in [5.74, 6) is 1.79. The van der Waals surface area contributed by atoms with Crippen molar-refractivity contribution in [1.82, 2.24) is 4.90 Å². The molecule has 0 aromatic heterocycles. The van der Waals surface area contributed by atoms with Gasteiger partial charge in [0.15, 0.2) is 0 Å². The van der Waals surface area contributed by atoms with Gasteiger partial charge in [0.25, 0.3) is 0 Å². The van der Waals surface area contributed by atoms with E-state index >= 15 is 0 Å². The lowest BCUT2D eigenvalue weighted by Gasteiger charge is -2.32. The summed E-state index contributed by atoms with van der Waals surface area (Å²) in [6, 6.07) is 0.934. The van der Waals surface area contributed by atoms with Crippen LogP contribution in [0.25, 0.3) is 0 Å². The molecule has 1 aliphatic heterocycles. The number of rotatable bonds is 5. The van der Waals surface area contributed by atoms with Crippen molar-refractivity contribution in [2.75, 3.05) is 19.6 Å². The summed E-state index contributed by atoms with van der Waals surface area (Å²) in [4.78, 5) is 2.77. The van der Waals surface area contributed by atoms with Gasteiger partial charge < -0.3 is 10.6 Å². The lowest BCUT2D eigenvalue weighted by atomic mass is 9.85. The molecule has 1 saturated heterocycles. The third-order valence-corrected chi connectivity index (χ3v) is 4.86. The fourth-order valence-electron chi connectivity index (χ4n) is 3.62. The molecule has 3 unspecified atom stereocenters. The molecule has 16 heavy (non-hydrogen) atoms. The van der Waals surface area contributed by atoms with E-state index in [1.807, 2.05) is 0 Å². The highest BCUT2D eigenvalue weighted by molar-refractivity contribution is 4.89. The predicted molar refractivity (Wildman–Crippen MR) is 69.4 cm³/mol. The monoisotopic (exact) mass is 224 g/mol. The van der Waals surface area contributed by atoms with Crippen LogP contribution in [-0.2, 0) is 0 Å². The molecule has 2 N–H and O–H groups in total. The Balaban J connectivity index is 1.77. The van der Waals surface area contributed by atoms with Crippen molar-refractivity contribution in [2.24, 2.45) is 17.6 Å². The molecule has 0 amide bonds. The number of hydrogen-bond donors (Lipinski definition) is 1. The van der Waals surface area contributed by atoms with Gasteiger partial charge in [0, 0.05) is 6.04 Å². The molecule has 1 heterocycles. The second-order valence-electron chi connectivity index (χ2n) is 5.74. The summed E-state index contributed by atoms with van der Waals surface area (Å²) in [6.45, 7) is 5.80. The van der Waals surface area contributed by atoms with Gasteiger partial charge in [0.2, 0.25) is 0 Å². The van der Waals surface area contributed by atoms with Gasteiger partial charge in [-0.1, -0.05) is 26.2 Å². The van der Waals surface area contributed by atoms with E-state index in [0.717, 1.165) is 24.4 Å². The lowest BCUT2D eigenvalue weighted by Crippen LogP contribution is -2.36. The smallest absolute Gasteiger partial charge is 0.0124 e. The molecule has 1 aliphatic carbocycles. The summed E-state index contributed by atoms with van der Waals surface area (Å²) in [7, 11) is 0. The molecular formula is C14H28N2. The first-order valence-electron chi connectivity index (χ1n) is 7.29. The molecule has 2 nitrogen and oxygen atoms in total. The first kappa shape index (κ1) is 12.4. The van der Waals surface area contributed by atoms with Crippen LogP contribution in [0.5, 0.6) is 0 Å². The summed E-state index contributed by atoms with van der Waals surface area (Å²) in [6.07, 6.45) is 9.93. The van der Waals surface area contributed by atoms with E-state index in [4.69, 9.17) is 5.73 Å². The summed E-state index contributed by atoms with van der Waals surface area (Å²) < 4.78 is 0. The Labute approximate surface area is 101 Å². The van der Waals surface area contributed by atoms with E-state index in [-0.39, 0.29) is 0 Å². The maximum atomic E-state index is 5.78. The van der Waals surface area contributed by atoms with Crippen molar-refractivity contribution in [2.45, 2.75) is 57.9 Å². The van der Waals surface area contributed by atoms with Crippen LogP contribution >= 0.6 is 0 Å². The van der Waals surface area contributed by atoms with Crippen LogP contribution in [0.15, 0.2) is 0 Å². The predicted octanol–water partition coefficient (Wildman–Crippen LogP) is 2.63. The Hall–Kier alpha value is -0.0800. The Morgan fingerprint density at radius 3 is 2.81 bits per heavy atom. The van der Waals surface area contributed by atoms with Gasteiger partial charge in [-0.15, -0.1) is 0 Å². The fraction of sp³-hybridized carbons (Fsp3) is 1.00. The molecule has 1 saturated carbocycles. The molecule has 0 aromatic carbocycles. The second-order valence-corrected chi connectivity index (χ2v) is 5.74. The molecular weight excluding hydrogens is 196 g/mol. The van der Waals surface area contributed by atoms with Crippen LogP contribution in [0.1, 0.15) is 51.9 Å². The zero-order chi connectivity index (χ0) is 11.4. The zero-order valence-corrected chi connectivity index (χ0v) is 10.8. The van der Waals surface area contributed by atoms with E-state index in [9.17, 15) is 0 Å². The topological polar surface area (TPSA) is 29.3 Å².